The Kier molecular flexibility index (Phi) is 7.45. The molecule has 27 heavy (non-hydrogen) atoms. The fourth-order valence-corrected chi connectivity index (χ4v) is 2.49. The molecule has 142 valence electrons. The molecule has 0 heterocycles. The summed E-state index contributed by atoms with van der Waals surface area (Å²) in [6, 6.07) is 13.4. The topological polar surface area (TPSA) is 127 Å². The van der Waals surface area contributed by atoms with Crippen molar-refractivity contribution in [3.8, 4) is 0 Å². The fraction of sp³-hybridized carbons (Fsp3) is 0.263. The van der Waals surface area contributed by atoms with Crippen molar-refractivity contribution < 1.29 is 14.5 Å². The highest BCUT2D eigenvalue weighted by atomic mass is 16.6. The minimum Gasteiger partial charge on any atom is -0.340 e. The third-order valence-electron chi connectivity index (χ3n) is 3.95. The van der Waals surface area contributed by atoms with Gasteiger partial charge in [0.15, 0.2) is 0 Å². The maximum absolute atomic E-state index is 12.6. The highest BCUT2D eigenvalue weighted by Gasteiger charge is 2.21. The molecule has 4 N–H and O–H groups in total. The number of nitrogens with zero attached hydrogens (tertiary/aromatic N) is 1. The van der Waals surface area contributed by atoms with Gasteiger partial charge in [-0.3, -0.25) is 19.7 Å². The first-order valence-corrected chi connectivity index (χ1v) is 8.62. The van der Waals surface area contributed by atoms with E-state index < -0.39 is 11.0 Å². The van der Waals surface area contributed by atoms with E-state index in [0.717, 1.165) is 6.42 Å². The Balaban J connectivity index is 2.06. The lowest BCUT2D eigenvalue weighted by molar-refractivity contribution is -0.384. The number of rotatable bonds is 9. The number of amides is 2. The highest BCUT2D eigenvalue weighted by molar-refractivity contribution is 6.01. The summed E-state index contributed by atoms with van der Waals surface area (Å²) in [7, 11) is 0. The molecule has 0 spiro atoms. The van der Waals surface area contributed by atoms with E-state index in [4.69, 9.17) is 5.73 Å². The minimum absolute atomic E-state index is 0.0649. The molecule has 1 unspecified atom stereocenters. The van der Waals surface area contributed by atoms with Crippen LogP contribution in [0, 0.1) is 10.1 Å². The van der Waals surface area contributed by atoms with Crippen molar-refractivity contribution in [3.63, 3.8) is 0 Å². The van der Waals surface area contributed by atoms with Crippen LogP contribution >= 0.6 is 0 Å². The van der Waals surface area contributed by atoms with Gasteiger partial charge in [-0.2, -0.15) is 0 Å². The van der Waals surface area contributed by atoms with Crippen LogP contribution in [0.3, 0.4) is 0 Å². The predicted octanol–water partition coefficient (Wildman–Crippen LogP) is 2.46. The molecule has 0 radical (unpaired) electrons. The van der Waals surface area contributed by atoms with Gasteiger partial charge in [0, 0.05) is 23.4 Å². The third kappa shape index (κ3) is 6.19. The number of hydrogen-bond donors (Lipinski definition) is 3. The van der Waals surface area contributed by atoms with Crippen molar-refractivity contribution in [3.05, 3.63) is 70.3 Å². The van der Waals surface area contributed by atoms with Crippen LogP contribution in [0.4, 0.5) is 11.4 Å². The minimum atomic E-state index is -0.737. The number of unbranched alkanes of at least 4 members (excludes halogenated alkanes) is 1. The standard InChI is InChI=1S/C19H22N4O4/c20-13-5-4-8-17(22-18(24)14-6-2-1-3-7-14)19(25)21-15-9-11-16(12-10-15)23(26)27/h1-3,6-7,9-12,17H,4-5,8,13,20H2,(H,21,25)(H,22,24). The van der Waals surface area contributed by atoms with Crippen LogP contribution in [0.25, 0.3) is 0 Å². The molecule has 2 rings (SSSR count). The van der Waals surface area contributed by atoms with Crippen LogP contribution in [-0.2, 0) is 4.79 Å². The summed E-state index contributed by atoms with van der Waals surface area (Å²) in [5.74, 6) is -0.725. The number of carbonyl (C=O) groups excluding carboxylic acids is 2. The molecule has 0 fully saturated rings. The number of nitro benzene ring substituents is 1. The van der Waals surface area contributed by atoms with Crippen LogP contribution in [0.1, 0.15) is 29.6 Å². The van der Waals surface area contributed by atoms with E-state index in [1.165, 1.54) is 24.3 Å². The smallest absolute Gasteiger partial charge is 0.269 e. The van der Waals surface area contributed by atoms with E-state index in [-0.39, 0.29) is 17.5 Å². The molecule has 0 aliphatic rings. The van der Waals surface area contributed by atoms with Crippen molar-refractivity contribution in [2.24, 2.45) is 5.73 Å². The van der Waals surface area contributed by atoms with Crippen LogP contribution in [-0.4, -0.2) is 29.3 Å². The van der Waals surface area contributed by atoms with Gasteiger partial charge in [0.1, 0.15) is 6.04 Å². The second-order valence-electron chi connectivity index (χ2n) is 5.97. The van der Waals surface area contributed by atoms with E-state index in [0.29, 0.717) is 30.6 Å². The first-order chi connectivity index (χ1) is 13.0. The van der Waals surface area contributed by atoms with E-state index in [1.807, 2.05) is 0 Å². The molecular formula is C19H22N4O4. The number of non-ortho nitro benzene ring substituents is 1. The Morgan fingerprint density at radius 1 is 1.04 bits per heavy atom. The van der Waals surface area contributed by atoms with Crippen molar-refractivity contribution >= 4 is 23.2 Å². The van der Waals surface area contributed by atoms with Crippen molar-refractivity contribution in [1.82, 2.24) is 5.32 Å². The number of benzene rings is 2. The fourth-order valence-electron chi connectivity index (χ4n) is 2.49. The Morgan fingerprint density at radius 3 is 2.30 bits per heavy atom. The summed E-state index contributed by atoms with van der Waals surface area (Å²) in [5.41, 5.74) is 6.32. The van der Waals surface area contributed by atoms with Crippen LogP contribution in [0.2, 0.25) is 0 Å². The van der Waals surface area contributed by atoms with Crippen LogP contribution < -0.4 is 16.4 Å². The van der Waals surface area contributed by atoms with Gasteiger partial charge in [-0.05, 0) is 50.1 Å². The molecule has 0 aliphatic heterocycles. The zero-order valence-corrected chi connectivity index (χ0v) is 14.8. The first kappa shape index (κ1) is 20.1. The summed E-state index contributed by atoms with van der Waals surface area (Å²) in [4.78, 5) is 35.2. The second-order valence-corrected chi connectivity index (χ2v) is 5.97. The second kappa shape index (κ2) is 10.0. The van der Waals surface area contributed by atoms with Crippen LogP contribution in [0.15, 0.2) is 54.6 Å². The third-order valence-corrected chi connectivity index (χ3v) is 3.95. The maximum Gasteiger partial charge on any atom is 0.269 e. The molecule has 0 bridgehead atoms. The largest absolute Gasteiger partial charge is 0.340 e. The van der Waals surface area contributed by atoms with E-state index in [2.05, 4.69) is 10.6 Å². The number of nitro groups is 1. The Hall–Kier alpha value is -3.26. The molecule has 2 aromatic rings. The predicted molar refractivity (Wildman–Crippen MR) is 102 cm³/mol. The summed E-state index contributed by atoms with van der Waals surface area (Å²) >= 11 is 0. The zero-order chi connectivity index (χ0) is 19.6. The average molecular weight is 370 g/mol. The number of carbonyl (C=O) groups is 2. The molecule has 8 nitrogen and oxygen atoms in total. The summed E-state index contributed by atoms with van der Waals surface area (Å²) in [6.45, 7) is 0.503. The lowest BCUT2D eigenvalue weighted by Gasteiger charge is -2.18. The number of nitrogens with one attached hydrogen (secondary N) is 2. The van der Waals surface area contributed by atoms with Gasteiger partial charge < -0.3 is 16.4 Å². The maximum atomic E-state index is 12.6. The summed E-state index contributed by atoms with van der Waals surface area (Å²) in [6.07, 6.45) is 1.86. The van der Waals surface area contributed by atoms with E-state index in [1.54, 1.807) is 30.3 Å². The van der Waals surface area contributed by atoms with Crippen molar-refractivity contribution in [1.29, 1.82) is 0 Å². The Morgan fingerprint density at radius 2 is 1.70 bits per heavy atom. The molecule has 2 amide bonds. The highest BCUT2D eigenvalue weighted by Crippen LogP contribution is 2.16. The van der Waals surface area contributed by atoms with Gasteiger partial charge in [0.05, 0.1) is 4.92 Å². The van der Waals surface area contributed by atoms with Crippen LogP contribution in [0.5, 0.6) is 0 Å². The van der Waals surface area contributed by atoms with Crippen molar-refractivity contribution in [2.75, 3.05) is 11.9 Å². The molecule has 0 aromatic heterocycles. The normalized spacial score (nSPS) is 11.4. The van der Waals surface area contributed by atoms with Gasteiger partial charge in [0.2, 0.25) is 5.91 Å². The monoisotopic (exact) mass is 370 g/mol. The van der Waals surface area contributed by atoms with E-state index in [9.17, 15) is 19.7 Å². The molecular weight excluding hydrogens is 348 g/mol. The van der Waals surface area contributed by atoms with Gasteiger partial charge in [-0.1, -0.05) is 18.2 Å². The Labute approximate surface area is 156 Å². The molecule has 0 saturated heterocycles. The van der Waals surface area contributed by atoms with Gasteiger partial charge in [-0.25, -0.2) is 0 Å². The summed E-state index contributed by atoms with van der Waals surface area (Å²) < 4.78 is 0. The quantitative estimate of drug-likeness (QED) is 0.355. The summed E-state index contributed by atoms with van der Waals surface area (Å²) in [5, 5.41) is 16.1. The molecule has 8 heteroatoms. The lowest BCUT2D eigenvalue weighted by atomic mass is 10.1. The molecule has 2 aromatic carbocycles. The Bertz CT molecular complexity index is 778. The number of anilines is 1. The number of nitrogens with two attached hydrogens (primary N) is 1. The molecule has 1 atom stereocenters. The van der Waals surface area contributed by atoms with Crippen molar-refractivity contribution in [2.45, 2.75) is 25.3 Å². The average Bonchev–Trinajstić information content (AvgIpc) is 2.68. The van der Waals surface area contributed by atoms with Gasteiger partial charge in [-0.15, -0.1) is 0 Å². The first-order valence-electron chi connectivity index (χ1n) is 8.62. The van der Waals surface area contributed by atoms with Gasteiger partial charge in [0.25, 0.3) is 11.6 Å². The lowest BCUT2D eigenvalue weighted by Crippen LogP contribution is -2.43. The molecule has 0 aliphatic carbocycles. The van der Waals surface area contributed by atoms with Gasteiger partial charge >= 0.3 is 0 Å². The SMILES string of the molecule is NCCCCC(NC(=O)c1ccccc1)C(=O)Nc1ccc([N+](=O)[O-])cc1. The molecule has 0 saturated carbocycles. The van der Waals surface area contributed by atoms with E-state index >= 15 is 0 Å². The number of hydrogen-bond acceptors (Lipinski definition) is 5. The zero-order valence-electron chi connectivity index (χ0n) is 14.8.